The average Bonchev–Trinajstić information content (AvgIpc) is 2.82. The van der Waals surface area contributed by atoms with Crippen molar-refractivity contribution in [3.8, 4) is 0 Å². The highest BCUT2D eigenvalue weighted by atomic mass is 32.2. The van der Waals surface area contributed by atoms with Crippen molar-refractivity contribution in [3.05, 3.63) is 0 Å². The van der Waals surface area contributed by atoms with Gasteiger partial charge < -0.3 is 0 Å². The quantitative estimate of drug-likeness (QED) is 0.692. The molecule has 14 heavy (non-hydrogen) atoms. The van der Waals surface area contributed by atoms with Crippen molar-refractivity contribution < 1.29 is 0 Å². The molecule has 0 aromatic heterocycles. The molecule has 1 aliphatic carbocycles. The molecule has 0 radical (unpaired) electrons. The third-order valence-electron chi connectivity index (χ3n) is 3.65. The van der Waals surface area contributed by atoms with Gasteiger partial charge in [0.1, 0.15) is 0 Å². The molecule has 1 rings (SSSR count). The molecule has 84 valence electrons. The van der Waals surface area contributed by atoms with E-state index < -0.39 is 0 Å². The van der Waals surface area contributed by atoms with Crippen LogP contribution in [0.2, 0.25) is 0 Å². The fourth-order valence-electron chi connectivity index (χ4n) is 2.83. The molecule has 0 amide bonds. The Balaban J connectivity index is 2.63. The molecular formula is C12H25NS. The normalized spacial score (nSPS) is 27.4. The van der Waals surface area contributed by atoms with Gasteiger partial charge in [0.2, 0.25) is 0 Å². The number of hydrogen-bond acceptors (Lipinski definition) is 2. The molecule has 0 aliphatic heterocycles. The summed E-state index contributed by atoms with van der Waals surface area (Å²) in [6.45, 7) is 12.9. The Morgan fingerprint density at radius 1 is 1.43 bits per heavy atom. The van der Waals surface area contributed by atoms with Crippen molar-refractivity contribution in [1.29, 1.82) is 0 Å². The van der Waals surface area contributed by atoms with Gasteiger partial charge in [-0.2, -0.15) is 11.8 Å². The Bertz CT molecular complexity index is 189. The van der Waals surface area contributed by atoms with E-state index in [9.17, 15) is 0 Å². The van der Waals surface area contributed by atoms with Crippen LogP contribution >= 0.6 is 11.8 Å². The molecule has 0 aromatic carbocycles. The lowest BCUT2D eigenvalue weighted by Gasteiger charge is -2.41. The zero-order chi connectivity index (χ0) is 10.9. The summed E-state index contributed by atoms with van der Waals surface area (Å²) in [4.78, 5) is 2.63. The molecule has 2 heteroatoms. The van der Waals surface area contributed by atoms with Crippen molar-refractivity contribution in [2.45, 2.75) is 57.9 Å². The summed E-state index contributed by atoms with van der Waals surface area (Å²) >= 11 is 2.04. The molecule has 0 bridgehead atoms. The molecule has 1 nitrogen and oxygen atoms in total. The minimum Gasteiger partial charge on any atom is -0.296 e. The fraction of sp³-hybridized carbons (Fsp3) is 1.00. The van der Waals surface area contributed by atoms with Crippen LogP contribution < -0.4 is 0 Å². The van der Waals surface area contributed by atoms with E-state index in [1.165, 1.54) is 13.0 Å². The van der Waals surface area contributed by atoms with Crippen LogP contribution in [0.1, 0.15) is 41.0 Å². The molecule has 0 saturated heterocycles. The summed E-state index contributed by atoms with van der Waals surface area (Å²) in [5.41, 5.74) is 0.386. The van der Waals surface area contributed by atoms with E-state index in [2.05, 4.69) is 45.8 Å². The van der Waals surface area contributed by atoms with Crippen LogP contribution in [-0.4, -0.2) is 34.5 Å². The maximum atomic E-state index is 2.63. The standard InChI is InChI=1S/C12H25NS/c1-7-13(9(2)3)12(4,5)10-8-11(10)14-6/h9-11H,7-8H2,1-6H3. The second-order valence-corrected chi connectivity index (χ2v) is 6.23. The van der Waals surface area contributed by atoms with Crippen LogP contribution in [0, 0.1) is 5.92 Å². The summed E-state index contributed by atoms with van der Waals surface area (Å²) in [6, 6.07) is 0.665. The van der Waals surface area contributed by atoms with Crippen molar-refractivity contribution in [1.82, 2.24) is 4.90 Å². The number of thioether (sulfide) groups is 1. The second-order valence-electron chi connectivity index (χ2n) is 5.15. The Kier molecular flexibility index (Phi) is 3.93. The fourth-order valence-corrected chi connectivity index (χ4v) is 3.89. The van der Waals surface area contributed by atoms with E-state index in [1.807, 2.05) is 11.8 Å². The first-order valence-corrected chi connectivity index (χ1v) is 7.03. The Morgan fingerprint density at radius 3 is 2.29 bits per heavy atom. The van der Waals surface area contributed by atoms with Crippen LogP contribution in [0.25, 0.3) is 0 Å². The van der Waals surface area contributed by atoms with Gasteiger partial charge in [0, 0.05) is 16.8 Å². The van der Waals surface area contributed by atoms with Gasteiger partial charge in [-0.25, -0.2) is 0 Å². The lowest BCUT2D eigenvalue weighted by Crippen LogP contribution is -2.49. The Morgan fingerprint density at radius 2 is 2.00 bits per heavy atom. The van der Waals surface area contributed by atoms with Gasteiger partial charge in [-0.3, -0.25) is 4.90 Å². The van der Waals surface area contributed by atoms with Crippen molar-refractivity contribution >= 4 is 11.8 Å². The Labute approximate surface area is 93.6 Å². The summed E-state index contributed by atoms with van der Waals surface area (Å²) in [5, 5.41) is 0.915. The van der Waals surface area contributed by atoms with Crippen molar-refractivity contribution in [2.24, 2.45) is 5.92 Å². The van der Waals surface area contributed by atoms with Gasteiger partial charge in [0.05, 0.1) is 0 Å². The van der Waals surface area contributed by atoms with Crippen LogP contribution in [0.3, 0.4) is 0 Å². The molecule has 1 aliphatic rings. The highest BCUT2D eigenvalue weighted by Crippen LogP contribution is 2.49. The lowest BCUT2D eigenvalue weighted by atomic mass is 9.94. The summed E-state index contributed by atoms with van der Waals surface area (Å²) in [5.74, 6) is 0.903. The molecule has 0 spiro atoms. The summed E-state index contributed by atoms with van der Waals surface area (Å²) < 4.78 is 0. The average molecular weight is 215 g/mol. The van der Waals surface area contributed by atoms with E-state index in [-0.39, 0.29) is 0 Å². The zero-order valence-corrected chi connectivity index (χ0v) is 11.3. The molecule has 0 aromatic rings. The highest BCUT2D eigenvalue weighted by molar-refractivity contribution is 7.99. The molecule has 1 fully saturated rings. The molecular weight excluding hydrogens is 190 g/mol. The molecule has 0 N–H and O–H groups in total. The zero-order valence-electron chi connectivity index (χ0n) is 10.5. The third kappa shape index (κ3) is 2.27. The molecule has 1 saturated carbocycles. The lowest BCUT2D eigenvalue weighted by molar-refractivity contribution is 0.0728. The van der Waals surface area contributed by atoms with Crippen molar-refractivity contribution in [3.63, 3.8) is 0 Å². The smallest absolute Gasteiger partial charge is 0.0194 e. The van der Waals surface area contributed by atoms with Crippen LogP contribution in [0.15, 0.2) is 0 Å². The first kappa shape index (κ1) is 12.4. The van der Waals surface area contributed by atoms with Gasteiger partial charge >= 0.3 is 0 Å². The van der Waals surface area contributed by atoms with E-state index in [0.29, 0.717) is 11.6 Å². The third-order valence-corrected chi connectivity index (χ3v) is 4.77. The van der Waals surface area contributed by atoms with Gasteiger partial charge in [-0.1, -0.05) is 6.92 Å². The number of hydrogen-bond donors (Lipinski definition) is 0. The summed E-state index contributed by atoms with van der Waals surface area (Å²) in [6.07, 6.45) is 3.66. The van der Waals surface area contributed by atoms with E-state index in [0.717, 1.165) is 11.2 Å². The molecule has 0 heterocycles. The van der Waals surface area contributed by atoms with Crippen LogP contribution in [0.4, 0.5) is 0 Å². The highest BCUT2D eigenvalue weighted by Gasteiger charge is 2.49. The maximum Gasteiger partial charge on any atom is 0.0194 e. The monoisotopic (exact) mass is 215 g/mol. The molecule has 2 atom stereocenters. The van der Waals surface area contributed by atoms with Gasteiger partial charge in [-0.05, 0) is 52.8 Å². The number of nitrogens with zero attached hydrogens (tertiary/aromatic N) is 1. The topological polar surface area (TPSA) is 3.24 Å². The van der Waals surface area contributed by atoms with E-state index in [4.69, 9.17) is 0 Å². The first-order chi connectivity index (χ1) is 6.45. The van der Waals surface area contributed by atoms with Gasteiger partial charge in [0.25, 0.3) is 0 Å². The van der Waals surface area contributed by atoms with E-state index >= 15 is 0 Å². The minimum absolute atomic E-state index is 0.386. The first-order valence-electron chi connectivity index (χ1n) is 5.74. The minimum atomic E-state index is 0.386. The second kappa shape index (κ2) is 4.44. The van der Waals surface area contributed by atoms with Crippen molar-refractivity contribution in [2.75, 3.05) is 12.8 Å². The van der Waals surface area contributed by atoms with Crippen LogP contribution in [0.5, 0.6) is 0 Å². The largest absolute Gasteiger partial charge is 0.296 e. The van der Waals surface area contributed by atoms with Gasteiger partial charge in [-0.15, -0.1) is 0 Å². The number of rotatable bonds is 5. The predicted octanol–water partition coefficient (Wildman–Crippen LogP) is 3.25. The predicted molar refractivity (Wildman–Crippen MR) is 67.0 cm³/mol. The summed E-state index contributed by atoms with van der Waals surface area (Å²) in [7, 11) is 0. The maximum absolute atomic E-state index is 2.63. The Hall–Kier alpha value is 0.310. The molecule has 2 unspecified atom stereocenters. The van der Waals surface area contributed by atoms with E-state index in [1.54, 1.807) is 0 Å². The SMILES string of the molecule is CCN(C(C)C)C(C)(C)C1CC1SC. The van der Waals surface area contributed by atoms with Gasteiger partial charge in [0.15, 0.2) is 0 Å². The van der Waals surface area contributed by atoms with Crippen LogP contribution in [-0.2, 0) is 0 Å².